The highest BCUT2D eigenvalue weighted by Gasteiger charge is 2.30. The molecule has 0 unspecified atom stereocenters. The van der Waals surface area contributed by atoms with Gasteiger partial charge in [-0.25, -0.2) is 9.48 Å². The van der Waals surface area contributed by atoms with E-state index in [0.717, 1.165) is 12.1 Å². The molecule has 1 aromatic carbocycles. The van der Waals surface area contributed by atoms with E-state index in [1.807, 2.05) is 0 Å². The maximum atomic E-state index is 12.7. The lowest BCUT2D eigenvalue weighted by Gasteiger charge is -2.15. The fourth-order valence-electron chi connectivity index (χ4n) is 2.75. The minimum Gasteiger partial charge on any atom is -0.378 e. The van der Waals surface area contributed by atoms with Gasteiger partial charge in [0.2, 0.25) is 0 Å². The van der Waals surface area contributed by atoms with Crippen LogP contribution >= 0.6 is 0 Å². The summed E-state index contributed by atoms with van der Waals surface area (Å²) in [7, 11) is 1.43. The van der Waals surface area contributed by atoms with Gasteiger partial charge in [0.1, 0.15) is 16.7 Å². The molecule has 0 saturated heterocycles. The molecule has 2 N–H and O–H groups in total. The molecule has 0 bridgehead atoms. The summed E-state index contributed by atoms with van der Waals surface area (Å²) in [6.07, 6.45) is -4.43. The van der Waals surface area contributed by atoms with Crippen LogP contribution < -0.4 is 11.2 Å². The minimum atomic E-state index is -4.43. The summed E-state index contributed by atoms with van der Waals surface area (Å²) < 4.78 is 44.6. The molecule has 0 amide bonds. The maximum absolute atomic E-state index is 12.7. The quantitative estimate of drug-likeness (QED) is 0.738. The van der Waals surface area contributed by atoms with Crippen LogP contribution in [0.1, 0.15) is 29.8 Å². The van der Waals surface area contributed by atoms with E-state index in [-0.39, 0.29) is 17.6 Å². The average molecular weight is 368 g/mol. The van der Waals surface area contributed by atoms with Gasteiger partial charge < -0.3 is 4.74 Å². The number of benzene rings is 1. The number of rotatable bonds is 4. The Hall–Kier alpha value is -2.88. The molecule has 138 valence electrons. The summed E-state index contributed by atoms with van der Waals surface area (Å²) in [5, 5.41) is 4.48. The van der Waals surface area contributed by atoms with E-state index in [0.29, 0.717) is 11.3 Å². The molecule has 0 fully saturated rings. The summed E-state index contributed by atoms with van der Waals surface area (Å²) in [6.45, 7) is 1.74. The third-order valence-electron chi connectivity index (χ3n) is 4.04. The molecule has 3 rings (SSSR count). The van der Waals surface area contributed by atoms with Crippen molar-refractivity contribution in [3.8, 4) is 0 Å². The lowest BCUT2D eigenvalue weighted by Crippen LogP contribution is -2.23. The second-order valence-electron chi connectivity index (χ2n) is 5.75. The maximum Gasteiger partial charge on any atom is 0.416 e. The van der Waals surface area contributed by atoms with Crippen LogP contribution in [-0.4, -0.2) is 26.9 Å². The molecule has 10 heteroatoms. The average Bonchev–Trinajstić information content (AvgIpc) is 2.92. The Morgan fingerprint density at radius 2 is 1.85 bits per heavy atom. The first kappa shape index (κ1) is 17.9. The van der Waals surface area contributed by atoms with Crippen LogP contribution in [-0.2, 0) is 17.5 Å². The largest absolute Gasteiger partial charge is 0.416 e. The first-order valence-corrected chi connectivity index (χ1v) is 7.62. The van der Waals surface area contributed by atoms with Crippen LogP contribution in [0.2, 0.25) is 0 Å². The number of alkyl halides is 3. The Balaban J connectivity index is 2.12. The number of H-pyrrole nitrogens is 2. The van der Waals surface area contributed by atoms with Crippen molar-refractivity contribution in [1.29, 1.82) is 0 Å². The van der Waals surface area contributed by atoms with Gasteiger partial charge in [-0.3, -0.25) is 14.8 Å². The number of aromatic amines is 2. The summed E-state index contributed by atoms with van der Waals surface area (Å²) in [6, 6.07) is 4.10. The van der Waals surface area contributed by atoms with Crippen molar-refractivity contribution in [2.45, 2.75) is 25.7 Å². The Kier molecular flexibility index (Phi) is 4.45. The number of hydrogen-bond acceptors (Lipinski definition) is 4. The first-order chi connectivity index (χ1) is 12.2. The number of fused-ring (bicyclic) bond motifs is 1. The Bertz CT molecular complexity index is 1050. The first-order valence-electron chi connectivity index (χ1n) is 7.62. The normalized spacial score (nSPS) is 13.3. The number of ether oxygens (including phenoxy) is 1. The van der Waals surface area contributed by atoms with Crippen LogP contribution in [0, 0.1) is 0 Å². The molecule has 0 radical (unpaired) electrons. The van der Waals surface area contributed by atoms with E-state index < -0.39 is 29.0 Å². The molecule has 26 heavy (non-hydrogen) atoms. The van der Waals surface area contributed by atoms with E-state index in [9.17, 15) is 22.8 Å². The number of aromatic nitrogens is 4. The zero-order valence-electron chi connectivity index (χ0n) is 13.8. The van der Waals surface area contributed by atoms with Gasteiger partial charge in [0.15, 0.2) is 0 Å². The standard InChI is InChI=1S/C16H15F3N4O3/c1-8(9-3-5-10(6-4-9)16(17,18)19)23-13-12(11(22-23)7-26-2)14(24)21-15(25)20-13/h3-6,8H,7H2,1-2H3,(H2,20,21,24,25)/t8-/m0/s1. The van der Waals surface area contributed by atoms with E-state index in [1.165, 1.54) is 23.9 Å². The summed E-state index contributed by atoms with van der Waals surface area (Å²) in [5.74, 6) is 0. The van der Waals surface area contributed by atoms with Gasteiger partial charge in [-0.1, -0.05) is 12.1 Å². The van der Waals surface area contributed by atoms with Gasteiger partial charge in [0.25, 0.3) is 5.56 Å². The molecule has 2 heterocycles. The second kappa shape index (κ2) is 6.45. The molecule has 1 atom stereocenters. The predicted molar refractivity (Wildman–Crippen MR) is 86.9 cm³/mol. The lowest BCUT2D eigenvalue weighted by atomic mass is 10.1. The third-order valence-corrected chi connectivity index (χ3v) is 4.04. The number of methoxy groups -OCH3 is 1. The van der Waals surface area contributed by atoms with Crippen molar-refractivity contribution in [2.75, 3.05) is 7.11 Å². The van der Waals surface area contributed by atoms with Crippen molar-refractivity contribution in [2.24, 2.45) is 0 Å². The van der Waals surface area contributed by atoms with Gasteiger partial charge in [-0.15, -0.1) is 0 Å². The number of hydrogen-bond donors (Lipinski definition) is 2. The molecule has 0 aliphatic heterocycles. The van der Waals surface area contributed by atoms with Crippen LogP contribution in [0.15, 0.2) is 33.9 Å². The third kappa shape index (κ3) is 3.15. The number of nitrogens with zero attached hydrogens (tertiary/aromatic N) is 2. The second-order valence-corrected chi connectivity index (χ2v) is 5.75. The lowest BCUT2D eigenvalue weighted by molar-refractivity contribution is -0.137. The Labute approximate surface area is 144 Å². The highest BCUT2D eigenvalue weighted by atomic mass is 19.4. The molecule has 2 aromatic heterocycles. The van der Waals surface area contributed by atoms with Gasteiger partial charge in [0.05, 0.1) is 18.2 Å². The topological polar surface area (TPSA) is 92.8 Å². The van der Waals surface area contributed by atoms with Crippen molar-refractivity contribution in [3.05, 3.63) is 61.9 Å². The van der Waals surface area contributed by atoms with E-state index in [1.54, 1.807) is 6.92 Å². The summed E-state index contributed by atoms with van der Waals surface area (Å²) in [4.78, 5) is 28.4. The molecule has 0 spiro atoms. The molecular formula is C16H15F3N4O3. The van der Waals surface area contributed by atoms with Crippen molar-refractivity contribution < 1.29 is 17.9 Å². The smallest absolute Gasteiger partial charge is 0.378 e. The number of halogens is 3. The SMILES string of the molecule is COCc1nn([C@@H](C)c2ccc(C(F)(F)F)cc2)c2[nH]c(=O)[nH]c(=O)c12. The molecule has 3 aromatic rings. The van der Waals surface area contributed by atoms with Crippen LogP contribution in [0.5, 0.6) is 0 Å². The van der Waals surface area contributed by atoms with Gasteiger partial charge in [-0.2, -0.15) is 18.3 Å². The van der Waals surface area contributed by atoms with Gasteiger partial charge >= 0.3 is 11.9 Å². The monoisotopic (exact) mass is 368 g/mol. The Morgan fingerprint density at radius 3 is 2.42 bits per heavy atom. The van der Waals surface area contributed by atoms with Crippen molar-refractivity contribution >= 4 is 11.0 Å². The van der Waals surface area contributed by atoms with Gasteiger partial charge in [-0.05, 0) is 24.6 Å². The minimum absolute atomic E-state index is 0.0400. The summed E-state index contributed by atoms with van der Waals surface area (Å²) in [5.41, 5.74) is -1.04. The number of nitrogens with one attached hydrogen (secondary N) is 2. The molecule has 0 aliphatic rings. The van der Waals surface area contributed by atoms with Crippen molar-refractivity contribution in [1.82, 2.24) is 19.7 Å². The fourth-order valence-corrected chi connectivity index (χ4v) is 2.75. The Morgan fingerprint density at radius 1 is 1.19 bits per heavy atom. The van der Waals surface area contributed by atoms with Crippen LogP contribution in [0.25, 0.3) is 11.0 Å². The zero-order valence-corrected chi connectivity index (χ0v) is 13.8. The van der Waals surface area contributed by atoms with E-state index in [4.69, 9.17) is 4.74 Å². The fraction of sp³-hybridized carbons (Fsp3) is 0.312. The molecule has 0 aliphatic carbocycles. The molecule has 0 saturated carbocycles. The highest BCUT2D eigenvalue weighted by molar-refractivity contribution is 5.77. The predicted octanol–water partition coefficient (Wildman–Crippen LogP) is 2.19. The van der Waals surface area contributed by atoms with Crippen LogP contribution in [0.3, 0.4) is 0 Å². The molecule has 7 nitrogen and oxygen atoms in total. The summed E-state index contributed by atoms with van der Waals surface area (Å²) >= 11 is 0. The molecular weight excluding hydrogens is 353 g/mol. The van der Waals surface area contributed by atoms with Gasteiger partial charge in [0, 0.05) is 7.11 Å². The van der Waals surface area contributed by atoms with E-state index >= 15 is 0 Å². The highest BCUT2D eigenvalue weighted by Crippen LogP contribution is 2.30. The van der Waals surface area contributed by atoms with E-state index in [2.05, 4.69) is 15.1 Å². The van der Waals surface area contributed by atoms with Crippen LogP contribution in [0.4, 0.5) is 13.2 Å². The van der Waals surface area contributed by atoms with Crippen molar-refractivity contribution in [3.63, 3.8) is 0 Å². The zero-order chi connectivity index (χ0) is 19.1.